The van der Waals surface area contributed by atoms with Crippen molar-refractivity contribution in [2.45, 2.75) is 115 Å². The molecule has 0 aromatic heterocycles. The number of hydrogen-bond donors (Lipinski definition) is 2. The zero-order valence-corrected chi connectivity index (χ0v) is 23.3. The summed E-state index contributed by atoms with van der Waals surface area (Å²) >= 11 is 0. The van der Waals surface area contributed by atoms with Gasteiger partial charge < -0.3 is 29.4 Å². The van der Waals surface area contributed by atoms with E-state index >= 15 is 0 Å². The number of alkyl halides is 3. The van der Waals surface area contributed by atoms with Gasteiger partial charge in [-0.1, -0.05) is 25.2 Å². The van der Waals surface area contributed by atoms with Gasteiger partial charge >= 0.3 is 12.1 Å². The molecule has 3 rings (SSSR count). The summed E-state index contributed by atoms with van der Waals surface area (Å²) in [5, 5.41) is 13.5. The number of epoxide rings is 1. The summed E-state index contributed by atoms with van der Waals surface area (Å²) in [5.74, 6) is -0.954. The molecular formula is C28H40F3NO7. The number of aliphatic hydroxyl groups excluding tert-OH is 1. The van der Waals surface area contributed by atoms with Crippen molar-refractivity contribution >= 4 is 11.9 Å². The average molecular weight is 560 g/mol. The Morgan fingerprint density at radius 2 is 1.90 bits per heavy atom. The van der Waals surface area contributed by atoms with Crippen LogP contribution in [0.5, 0.6) is 0 Å². The highest BCUT2D eigenvalue weighted by Crippen LogP contribution is 2.46. The van der Waals surface area contributed by atoms with Crippen molar-refractivity contribution in [1.82, 2.24) is 5.32 Å². The Balaban J connectivity index is 1.61. The molecule has 2 N–H and O–H groups in total. The van der Waals surface area contributed by atoms with Crippen LogP contribution in [-0.2, 0) is 28.5 Å². The molecule has 0 saturated carbocycles. The van der Waals surface area contributed by atoms with Crippen LogP contribution < -0.4 is 5.32 Å². The van der Waals surface area contributed by atoms with Gasteiger partial charge in [-0.05, 0) is 52.5 Å². The lowest BCUT2D eigenvalue weighted by Crippen LogP contribution is -2.53. The number of carbonyl (C=O) groups is 2. The topological polar surface area (TPSA) is 107 Å². The van der Waals surface area contributed by atoms with Gasteiger partial charge in [0, 0.05) is 19.4 Å². The Kier molecular flexibility index (Phi) is 9.73. The molecule has 1 spiro atoms. The van der Waals surface area contributed by atoms with E-state index < -0.39 is 59.4 Å². The van der Waals surface area contributed by atoms with Crippen molar-refractivity contribution in [3.8, 4) is 0 Å². The van der Waals surface area contributed by atoms with Gasteiger partial charge in [0.05, 0.1) is 36.0 Å². The minimum Gasteiger partial charge on any atom is -0.459 e. The largest absolute Gasteiger partial charge is 0.459 e. The van der Waals surface area contributed by atoms with Gasteiger partial charge in [0.15, 0.2) is 0 Å². The van der Waals surface area contributed by atoms with Crippen LogP contribution >= 0.6 is 0 Å². The molecule has 0 bridgehead atoms. The number of carbonyl (C=O) groups excluding carboxylic acids is 2. The highest BCUT2D eigenvalue weighted by atomic mass is 19.4. The molecule has 39 heavy (non-hydrogen) atoms. The molecule has 1 amide bonds. The van der Waals surface area contributed by atoms with Crippen LogP contribution in [-0.4, -0.2) is 77.5 Å². The molecule has 1 unspecified atom stereocenters. The van der Waals surface area contributed by atoms with Crippen LogP contribution in [0.2, 0.25) is 0 Å². The molecule has 8 nitrogen and oxygen atoms in total. The molecular weight excluding hydrogens is 519 g/mol. The van der Waals surface area contributed by atoms with E-state index in [1.54, 1.807) is 13.8 Å². The second-order valence-corrected chi connectivity index (χ2v) is 11.5. The Bertz CT molecular complexity index is 986. The van der Waals surface area contributed by atoms with Crippen LogP contribution in [0.4, 0.5) is 13.2 Å². The third-order valence-electron chi connectivity index (χ3n) is 7.32. The number of ether oxygens (including phenoxy) is 4. The molecule has 0 aromatic rings. The van der Waals surface area contributed by atoms with Crippen molar-refractivity contribution in [2.24, 2.45) is 5.92 Å². The first-order chi connectivity index (χ1) is 18.0. The molecule has 8 atom stereocenters. The van der Waals surface area contributed by atoms with Gasteiger partial charge in [-0.3, -0.25) is 9.59 Å². The molecule has 0 aromatic carbocycles. The van der Waals surface area contributed by atoms with Crippen molar-refractivity contribution in [3.05, 3.63) is 36.0 Å². The van der Waals surface area contributed by atoms with E-state index in [1.807, 2.05) is 20.8 Å². The Morgan fingerprint density at radius 1 is 1.23 bits per heavy atom. The summed E-state index contributed by atoms with van der Waals surface area (Å²) in [5.41, 5.74) is -2.25. The van der Waals surface area contributed by atoms with Crippen LogP contribution in [0.3, 0.4) is 0 Å². The Labute approximate surface area is 227 Å². The fraction of sp³-hybridized carbons (Fsp3) is 0.714. The number of allylic oxidation sites excluding steroid dienone is 2. The number of amides is 1. The van der Waals surface area contributed by atoms with Crippen LogP contribution in [0.1, 0.15) is 60.8 Å². The first-order valence-electron chi connectivity index (χ1n) is 13.3. The smallest absolute Gasteiger partial charge is 0.416 e. The van der Waals surface area contributed by atoms with E-state index in [0.29, 0.717) is 19.4 Å². The second-order valence-electron chi connectivity index (χ2n) is 11.5. The third kappa shape index (κ3) is 8.64. The molecule has 3 fully saturated rings. The monoisotopic (exact) mass is 559 g/mol. The van der Waals surface area contributed by atoms with E-state index in [0.717, 1.165) is 12.2 Å². The lowest BCUT2D eigenvalue weighted by Gasteiger charge is -2.41. The van der Waals surface area contributed by atoms with Gasteiger partial charge in [0.1, 0.15) is 23.9 Å². The summed E-state index contributed by atoms with van der Waals surface area (Å²) in [6.07, 6.45) is -0.958. The zero-order valence-electron chi connectivity index (χ0n) is 23.3. The minimum absolute atomic E-state index is 0.0256. The first-order valence-corrected chi connectivity index (χ1v) is 13.3. The third-order valence-corrected chi connectivity index (χ3v) is 7.32. The summed E-state index contributed by atoms with van der Waals surface area (Å²) in [6.45, 7) is 10.5. The van der Waals surface area contributed by atoms with Crippen molar-refractivity contribution in [3.63, 3.8) is 0 Å². The standard InChI is InChI=1S/C28H40F3NO7/c1-16-13-21(32-24(34)12-7-17(2)37-19(4)33)18(3)38-22(16)10-8-20(28(29,30)31)9-11-23-25(35)27(15-36-27)14-26(5,6)39-23/h7-9,11-12,16-18,21-23,25,35H,10,13-15H2,1-6H3,(H,32,34)/b11-9+,12-7-,20-8-/t16-,17?,18+,21+,22-,23+,25+,27+/m0/s1. The van der Waals surface area contributed by atoms with Gasteiger partial charge in [-0.25, -0.2) is 0 Å². The molecule has 0 radical (unpaired) electrons. The molecule has 3 heterocycles. The normalized spacial score (nSPS) is 35.8. The fourth-order valence-corrected chi connectivity index (χ4v) is 5.30. The molecule has 3 aliphatic rings. The van der Waals surface area contributed by atoms with E-state index in [2.05, 4.69) is 5.32 Å². The maximum absolute atomic E-state index is 13.9. The summed E-state index contributed by atoms with van der Waals surface area (Å²) in [4.78, 5) is 23.3. The Hall–Kier alpha value is -2.21. The van der Waals surface area contributed by atoms with Gasteiger partial charge in [0.2, 0.25) is 5.91 Å². The number of halogens is 3. The lowest BCUT2D eigenvalue weighted by molar-refractivity contribution is -0.171. The number of aliphatic hydroxyl groups is 1. The number of esters is 1. The predicted octanol–water partition coefficient (Wildman–Crippen LogP) is 3.92. The van der Waals surface area contributed by atoms with Gasteiger partial charge in [-0.2, -0.15) is 13.2 Å². The van der Waals surface area contributed by atoms with E-state index in [9.17, 15) is 27.9 Å². The molecule has 11 heteroatoms. The van der Waals surface area contributed by atoms with E-state index in [4.69, 9.17) is 18.9 Å². The minimum atomic E-state index is -4.60. The highest BCUT2D eigenvalue weighted by Gasteiger charge is 2.60. The average Bonchev–Trinajstić information content (AvgIpc) is 3.56. The SMILES string of the molecule is CC(=O)OC(C)/C=C\C(=O)N[C@@H]1C[C@H](C)[C@H](C/C=C(/C=C/[C@H]2OC(C)(C)C[C@@]3(CO3)[C@@H]2O)C(F)(F)F)O[C@@H]1C. The van der Waals surface area contributed by atoms with E-state index in [-0.39, 0.29) is 24.3 Å². The fourth-order valence-electron chi connectivity index (χ4n) is 5.30. The number of nitrogens with one attached hydrogen (secondary N) is 1. The Morgan fingerprint density at radius 3 is 2.49 bits per heavy atom. The van der Waals surface area contributed by atoms with Gasteiger partial charge in [0.25, 0.3) is 0 Å². The maximum atomic E-state index is 13.9. The maximum Gasteiger partial charge on any atom is 0.416 e. The van der Waals surface area contributed by atoms with Crippen molar-refractivity contribution in [1.29, 1.82) is 0 Å². The van der Waals surface area contributed by atoms with Crippen LogP contribution in [0.25, 0.3) is 0 Å². The molecule has 220 valence electrons. The second kappa shape index (κ2) is 12.1. The summed E-state index contributed by atoms with van der Waals surface area (Å²) < 4.78 is 63.8. The lowest BCUT2D eigenvalue weighted by atomic mass is 9.83. The summed E-state index contributed by atoms with van der Waals surface area (Å²) in [7, 11) is 0. The quantitative estimate of drug-likeness (QED) is 0.201. The predicted molar refractivity (Wildman–Crippen MR) is 137 cm³/mol. The summed E-state index contributed by atoms with van der Waals surface area (Å²) in [6, 6.07) is -0.325. The first kappa shape index (κ1) is 31.3. The van der Waals surface area contributed by atoms with Crippen molar-refractivity contribution < 1.29 is 46.8 Å². The molecule has 3 saturated heterocycles. The molecule has 0 aliphatic carbocycles. The zero-order chi connectivity index (χ0) is 29.2. The van der Waals surface area contributed by atoms with Crippen LogP contribution in [0, 0.1) is 5.92 Å². The van der Waals surface area contributed by atoms with Crippen LogP contribution in [0.15, 0.2) is 36.0 Å². The highest BCUT2D eigenvalue weighted by molar-refractivity contribution is 5.87. The number of hydrogen-bond acceptors (Lipinski definition) is 7. The van der Waals surface area contributed by atoms with Crippen molar-refractivity contribution in [2.75, 3.05) is 6.61 Å². The van der Waals surface area contributed by atoms with E-state index in [1.165, 1.54) is 25.2 Å². The number of rotatable bonds is 8. The van der Waals surface area contributed by atoms with Gasteiger partial charge in [-0.15, -0.1) is 0 Å². The molecule has 3 aliphatic heterocycles.